The highest BCUT2D eigenvalue weighted by Crippen LogP contribution is 2.09. The highest BCUT2D eigenvalue weighted by molar-refractivity contribution is 5.78. The molecule has 0 atom stereocenters. The lowest BCUT2D eigenvalue weighted by Crippen LogP contribution is -2.26. The Kier molecular flexibility index (Phi) is 5.78. The Bertz CT molecular complexity index is 455. The second-order valence-corrected chi connectivity index (χ2v) is 3.89. The van der Waals surface area contributed by atoms with E-state index in [1.807, 2.05) is 6.07 Å². The smallest absolute Gasteiger partial charge is 0.224 e. The molecular weight excluding hydrogens is 238 g/mol. The van der Waals surface area contributed by atoms with Crippen molar-refractivity contribution >= 4 is 5.91 Å². The maximum atomic E-state index is 12.9. The van der Waals surface area contributed by atoms with Crippen LogP contribution in [0.5, 0.6) is 0 Å². The number of hydrogen-bond acceptors (Lipinski definition) is 2. The van der Waals surface area contributed by atoms with Gasteiger partial charge in [-0.25, -0.2) is 8.78 Å². The highest BCUT2D eigenvalue weighted by atomic mass is 19.2. The topological polar surface area (TPSA) is 52.9 Å². The van der Waals surface area contributed by atoms with Crippen LogP contribution in [-0.4, -0.2) is 12.5 Å². The summed E-state index contributed by atoms with van der Waals surface area (Å²) < 4.78 is 25.5. The zero-order chi connectivity index (χ0) is 13.4. The molecule has 5 heteroatoms. The van der Waals surface area contributed by atoms with E-state index in [9.17, 15) is 13.6 Å². The summed E-state index contributed by atoms with van der Waals surface area (Å²) in [5.74, 6) is -2.11. The third-order valence-electron chi connectivity index (χ3n) is 2.39. The number of rotatable bonds is 6. The fourth-order valence-corrected chi connectivity index (χ4v) is 1.45. The molecule has 18 heavy (non-hydrogen) atoms. The molecule has 96 valence electrons. The van der Waals surface area contributed by atoms with E-state index in [1.54, 1.807) is 0 Å². The third-order valence-corrected chi connectivity index (χ3v) is 2.39. The van der Waals surface area contributed by atoms with E-state index in [0.29, 0.717) is 18.5 Å². The Morgan fingerprint density at radius 1 is 1.28 bits per heavy atom. The van der Waals surface area contributed by atoms with Gasteiger partial charge in [0.15, 0.2) is 11.6 Å². The molecule has 1 aromatic carbocycles. The number of carbonyl (C=O) groups is 1. The molecule has 0 radical (unpaired) electrons. The molecule has 1 rings (SSSR count). The number of carbonyl (C=O) groups excluding carboxylic acids is 1. The van der Waals surface area contributed by atoms with E-state index in [4.69, 9.17) is 5.26 Å². The lowest BCUT2D eigenvalue weighted by atomic mass is 10.1. The normalized spacial score (nSPS) is 9.83. The van der Waals surface area contributed by atoms with Gasteiger partial charge in [-0.1, -0.05) is 6.07 Å². The summed E-state index contributed by atoms with van der Waals surface area (Å²) in [6, 6.07) is 5.42. The van der Waals surface area contributed by atoms with Crippen LogP contribution in [0.15, 0.2) is 18.2 Å². The van der Waals surface area contributed by atoms with Crippen LogP contribution >= 0.6 is 0 Å². The van der Waals surface area contributed by atoms with Crippen molar-refractivity contribution in [2.45, 2.75) is 25.7 Å². The van der Waals surface area contributed by atoms with Crippen LogP contribution in [0.3, 0.4) is 0 Å². The molecule has 0 spiro atoms. The van der Waals surface area contributed by atoms with Crippen LogP contribution in [-0.2, 0) is 11.2 Å². The third kappa shape index (κ3) is 4.91. The Morgan fingerprint density at radius 3 is 2.72 bits per heavy atom. The van der Waals surface area contributed by atoms with Gasteiger partial charge < -0.3 is 5.32 Å². The average molecular weight is 252 g/mol. The van der Waals surface area contributed by atoms with Crippen LogP contribution in [0.2, 0.25) is 0 Å². The fourth-order valence-electron chi connectivity index (χ4n) is 1.45. The van der Waals surface area contributed by atoms with Crippen molar-refractivity contribution in [2.75, 3.05) is 6.54 Å². The van der Waals surface area contributed by atoms with Gasteiger partial charge in [0.1, 0.15) is 0 Å². The number of halogens is 2. The first-order valence-corrected chi connectivity index (χ1v) is 5.71. The maximum Gasteiger partial charge on any atom is 0.224 e. The monoisotopic (exact) mass is 252 g/mol. The molecule has 0 bridgehead atoms. The van der Waals surface area contributed by atoms with Crippen molar-refractivity contribution in [2.24, 2.45) is 0 Å². The Morgan fingerprint density at radius 2 is 2.06 bits per heavy atom. The molecule has 0 aliphatic carbocycles. The summed E-state index contributed by atoms with van der Waals surface area (Å²) in [5.41, 5.74) is 0.434. The number of amides is 1. The van der Waals surface area contributed by atoms with Crippen LogP contribution in [0.25, 0.3) is 0 Å². The molecule has 0 fully saturated rings. The summed E-state index contributed by atoms with van der Waals surface area (Å²) in [6.07, 6.45) is 1.97. The van der Waals surface area contributed by atoms with Gasteiger partial charge in [-0.15, -0.1) is 0 Å². The fraction of sp³-hybridized carbons (Fsp3) is 0.385. The van der Waals surface area contributed by atoms with E-state index in [0.717, 1.165) is 25.0 Å². The van der Waals surface area contributed by atoms with E-state index in [-0.39, 0.29) is 12.3 Å². The molecular formula is C13H14F2N2O. The first kappa shape index (κ1) is 14.1. The minimum absolute atomic E-state index is 0.0233. The molecule has 0 saturated heterocycles. The summed E-state index contributed by atoms with van der Waals surface area (Å²) >= 11 is 0. The number of nitrogens with zero attached hydrogens (tertiary/aromatic N) is 1. The summed E-state index contributed by atoms with van der Waals surface area (Å²) in [7, 11) is 0. The number of nitriles is 1. The van der Waals surface area contributed by atoms with Crippen LogP contribution in [0, 0.1) is 23.0 Å². The lowest BCUT2D eigenvalue weighted by molar-refractivity contribution is -0.120. The van der Waals surface area contributed by atoms with Crippen molar-refractivity contribution < 1.29 is 13.6 Å². The van der Waals surface area contributed by atoms with Crippen molar-refractivity contribution in [3.63, 3.8) is 0 Å². The first-order valence-electron chi connectivity index (χ1n) is 5.71. The lowest BCUT2D eigenvalue weighted by Gasteiger charge is -2.04. The molecule has 0 aliphatic heterocycles. The molecule has 1 N–H and O–H groups in total. The number of hydrogen-bond donors (Lipinski definition) is 1. The molecule has 0 saturated carbocycles. The zero-order valence-corrected chi connectivity index (χ0v) is 9.88. The molecule has 0 unspecified atom stereocenters. The minimum Gasteiger partial charge on any atom is -0.356 e. The summed E-state index contributed by atoms with van der Waals surface area (Å²) in [5, 5.41) is 11.0. The Balaban J connectivity index is 2.31. The number of nitrogens with one attached hydrogen (secondary N) is 1. The van der Waals surface area contributed by atoms with E-state index >= 15 is 0 Å². The van der Waals surface area contributed by atoms with Gasteiger partial charge in [0, 0.05) is 13.0 Å². The highest BCUT2D eigenvalue weighted by Gasteiger charge is 2.06. The molecule has 3 nitrogen and oxygen atoms in total. The van der Waals surface area contributed by atoms with Crippen molar-refractivity contribution in [3.05, 3.63) is 35.4 Å². The predicted molar refractivity (Wildman–Crippen MR) is 62.5 cm³/mol. The predicted octanol–water partition coefficient (Wildman–Crippen LogP) is 2.32. The molecule has 1 aromatic rings. The molecule has 1 amide bonds. The number of benzene rings is 1. The van der Waals surface area contributed by atoms with Gasteiger partial charge in [-0.3, -0.25) is 4.79 Å². The average Bonchev–Trinajstić information content (AvgIpc) is 2.34. The SMILES string of the molecule is N#CCCCCNC(=O)Cc1ccc(F)c(F)c1. The van der Waals surface area contributed by atoms with E-state index in [2.05, 4.69) is 5.32 Å². The van der Waals surface area contributed by atoms with E-state index in [1.165, 1.54) is 6.07 Å². The molecule has 0 heterocycles. The van der Waals surface area contributed by atoms with Crippen molar-refractivity contribution in [1.82, 2.24) is 5.32 Å². The van der Waals surface area contributed by atoms with Crippen LogP contribution in [0.4, 0.5) is 8.78 Å². The summed E-state index contributed by atoms with van der Waals surface area (Å²) in [6.45, 7) is 0.490. The van der Waals surface area contributed by atoms with Gasteiger partial charge in [-0.05, 0) is 30.5 Å². The van der Waals surface area contributed by atoms with Crippen LogP contribution in [0.1, 0.15) is 24.8 Å². The maximum absolute atomic E-state index is 12.9. The largest absolute Gasteiger partial charge is 0.356 e. The van der Waals surface area contributed by atoms with Gasteiger partial charge in [0.05, 0.1) is 12.5 Å². The Hall–Kier alpha value is -1.96. The Labute approximate surface area is 104 Å². The van der Waals surface area contributed by atoms with Gasteiger partial charge in [0.2, 0.25) is 5.91 Å². The van der Waals surface area contributed by atoms with Gasteiger partial charge >= 0.3 is 0 Å². The second-order valence-electron chi connectivity index (χ2n) is 3.89. The van der Waals surface area contributed by atoms with Crippen molar-refractivity contribution in [3.8, 4) is 6.07 Å². The van der Waals surface area contributed by atoms with Crippen LogP contribution < -0.4 is 5.32 Å². The van der Waals surface area contributed by atoms with Gasteiger partial charge in [-0.2, -0.15) is 5.26 Å². The van der Waals surface area contributed by atoms with E-state index < -0.39 is 11.6 Å². The molecule has 0 aliphatic rings. The number of unbranched alkanes of at least 4 members (excludes halogenated alkanes) is 2. The van der Waals surface area contributed by atoms with Gasteiger partial charge in [0.25, 0.3) is 0 Å². The summed E-state index contributed by atoms with van der Waals surface area (Å²) in [4.78, 5) is 11.4. The second kappa shape index (κ2) is 7.38. The molecule has 0 aromatic heterocycles. The first-order chi connectivity index (χ1) is 8.63. The quantitative estimate of drug-likeness (QED) is 0.790. The minimum atomic E-state index is -0.950. The standard InChI is InChI=1S/C13H14F2N2O/c14-11-5-4-10(8-12(11)15)9-13(18)17-7-3-1-2-6-16/h4-5,8H,1-3,7,9H2,(H,17,18). The van der Waals surface area contributed by atoms with Crippen molar-refractivity contribution in [1.29, 1.82) is 5.26 Å². The zero-order valence-electron chi connectivity index (χ0n) is 9.88.